The van der Waals surface area contributed by atoms with Crippen molar-refractivity contribution >= 4 is 21.6 Å². The molecule has 0 fully saturated rings. The number of allylic oxidation sites excluding steroid dienone is 1. The Bertz CT molecular complexity index is 388. The summed E-state index contributed by atoms with van der Waals surface area (Å²) in [6.07, 6.45) is 1.33. The van der Waals surface area contributed by atoms with Gasteiger partial charge in [0.2, 0.25) is 0 Å². The molecule has 1 aromatic carbocycles. The standard InChI is InChI=1S/C10H9BrN2/c1-7-2-3-9(11)8(6-7)10(13)4-5-12/h2-4,6H,13H2,1H3/b10-4-. The third-order valence-electron chi connectivity index (χ3n) is 1.65. The molecule has 0 heterocycles. The zero-order valence-corrected chi connectivity index (χ0v) is 8.80. The van der Waals surface area contributed by atoms with Crippen LogP contribution in [-0.4, -0.2) is 0 Å². The van der Waals surface area contributed by atoms with Gasteiger partial charge in [-0.1, -0.05) is 27.6 Å². The van der Waals surface area contributed by atoms with E-state index in [1.807, 2.05) is 31.2 Å². The molecular weight excluding hydrogens is 228 g/mol. The second-order valence-electron chi connectivity index (χ2n) is 2.71. The first-order valence-corrected chi connectivity index (χ1v) is 4.56. The van der Waals surface area contributed by atoms with Crippen molar-refractivity contribution in [2.24, 2.45) is 5.73 Å². The van der Waals surface area contributed by atoms with Gasteiger partial charge in [0, 0.05) is 16.1 Å². The van der Waals surface area contributed by atoms with Gasteiger partial charge < -0.3 is 5.73 Å². The van der Waals surface area contributed by atoms with Crippen molar-refractivity contribution in [2.45, 2.75) is 6.92 Å². The van der Waals surface area contributed by atoms with Gasteiger partial charge in [-0.15, -0.1) is 0 Å². The van der Waals surface area contributed by atoms with E-state index in [0.29, 0.717) is 5.70 Å². The molecule has 66 valence electrons. The second-order valence-corrected chi connectivity index (χ2v) is 3.57. The normalized spacial score (nSPS) is 11.0. The zero-order chi connectivity index (χ0) is 9.84. The second kappa shape index (κ2) is 4.11. The average molecular weight is 237 g/mol. The van der Waals surface area contributed by atoms with Crippen molar-refractivity contribution < 1.29 is 0 Å². The Morgan fingerprint density at radius 2 is 2.31 bits per heavy atom. The van der Waals surface area contributed by atoms with Crippen molar-refractivity contribution in [3.05, 3.63) is 39.9 Å². The number of rotatable bonds is 1. The number of benzene rings is 1. The van der Waals surface area contributed by atoms with Crippen LogP contribution in [0, 0.1) is 18.3 Å². The van der Waals surface area contributed by atoms with Crippen LogP contribution >= 0.6 is 15.9 Å². The molecule has 13 heavy (non-hydrogen) atoms. The lowest BCUT2D eigenvalue weighted by Gasteiger charge is -2.04. The number of halogens is 1. The Labute approximate surface area is 85.8 Å². The highest BCUT2D eigenvalue weighted by Gasteiger charge is 2.01. The molecule has 0 amide bonds. The van der Waals surface area contributed by atoms with E-state index >= 15 is 0 Å². The maximum absolute atomic E-state index is 8.44. The van der Waals surface area contributed by atoms with E-state index in [2.05, 4.69) is 15.9 Å². The van der Waals surface area contributed by atoms with E-state index in [4.69, 9.17) is 11.0 Å². The van der Waals surface area contributed by atoms with Crippen LogP contribution < -0.4 is 5.73 Å². The minimum atomic E-state index is 0.484. The fourth-order valence-electron chi connectivity index (χ4n) is 1.01. The van der Waals surface area contributed by atoms with Crippen LogP contribution in [0.1, 0.15) is 11.1 Å². The molecule has 0 aliphatic carbocycles. The quantitative estimate of drug-likeness (QED) is 0.763. The molecule has 0 saturated heterocycles. The highest BCUT2D eigenvalue weighted by atomic mass is 79.9. The molecule has 0 unspecified atom stereocenters. The van der Waals surface area contributed by atoms with Gasteiger partial charge >= 0.3 is 0 Å². The summed E-state index contributed by atoms with van der Waals surface area (Å²) in [5.74, 6) is 0. The van der Waals surface area contributed by atoms with Crippen LogP contribution in [0.15, 0.2) is 28.7 Å². The lowest BCUT2D eigenvalue weighted by molar-refractivity contribution is 1.40. The van der Waals surface area contributed by atoms with Crippen LogP contribution in [0.3, 0.4) is 0 Å². The summed E-state index contributed by atoms with van der Waals surface area (Å²) < 4.78 is 0.905. The highest BCUT2D eigenvalue weighted by molar-refractivity contribution is 9.10. The van der Waals surface area contributed by atoms with E-state index in [1.54, 1.807) is 0 Å². The monoisotopic (exact) mass is 236 g/mol. The summed E-state index contributed by atoms with van der Waals surface area (Å²) in [6, 6.07) is 7.74. The third-order valence-corrected chi connectivity index (χ3v) is 2.34. The average Bonchev–Trinajstić information content (AvgIpc) is 2.09. The molecule has 0 atom stereocenters. The summed E-state index contributed by atoms with van der Waals surface area (Å²) in [4.78, 5) is 0. The van der Waals surface area contributed by atoms with Gasteiger partial charge in [-0.25, -0.2) is 0 Å². The minimum Gasteiger partial charge on any atom is -0.398 e. The van der Waals surface area contributed by atoms with Gasteiger partial charge in [0.05, 0.1) is 11.8 Å². The van der Waals surface area contributed by atoms with Gasteiger partial charge in [0.25, 0.3) is 0 Å². The number of hydrogen-bond acceptors (Lipinski definition) is 2. The lowest BCUT2D eigenvalue weighted by atomic mass is 10.1. The minimum absolute atomic E-state index is 0.484. The molecule has 0 radical (unpaired) electrons. The van der Waals surface area contributed by atoms with Crippen LogP contribution in [0.4, 0.5) is 0 Å². The maximum Gasteiger partial charge on any atom is 0.0933 e. The molecule has 0 bridgehead atoms. The van der Waals surface area contributed by atoms with Crippen LogP contribution in [-0.2, 0) is 0 Å². The fraction of sp³-hybridized carbons (Fsp3) is 0.100. The molecule has 0 aliphatic heterocycles. The molecule has 0 aliphatic rings. The van der Waals surface area contributed by atoms with Crippen molar-refractivity contribution in [1.82, 2.24) is 0 Å². The molecule has 0 aromatic heterocycles. The number of hydrogen-bond donors (Lipinski definition) is 1. The first-order chi connectivity index (χ1) is 6.15. The van der Waals surface area contributed by atoms with Gasteiger partial charge in [-0.2, -0.15) is 5.26 Å². The largest absolute Gasteiger partial charge is 0.398 e. The smallest absolute Gasteiger partial charge is 0.0933 e. The Balaban J connectivity index is 3.22. The first kappa shape index (κ1) is 9.82. The van der Waals surface area contributed by atoms with Gasteiger partial charge in [0.15, 0.2) is 0 Å². The molecule has 0 saturated carbocycles. The maximum atomic E-state index is 8.44. The molecule has 2 N–H and O–H groups in total. The van der Waals surface area contributed by atoms with Gasteiger partial charge in [-0.05, 0) is 19.1 Å². The van der Waals surface area contributed by atoms with Gasteiger partial charge in [-0.3, -0.25) is 0 Å². The third kappa shape index (κ3) is 2.33. The van der Waals surface area contributed by atoms with Crippen LogP contribution in [0.25, 0.3) is 5.70 Å². The Morgan fingerprint density at radius 3 is 2.92 bits per heavy atom. The van der Waals surface area contributed by atoms with Crippen molar-refractivity contribution in [1.29, 1.82) is 5.26 Å². The van der Waals surface area contributed by atoms with E-state index in [-0.39, 0.29) is 0 Å². The van der Waals surface area contributed by atoms with Crippen molar-refractivity contribution in [3.63, 3.8) is 0 Å². The van der Waals surface area contributed by atoms with E-state index < -0.39 is 0 Å². The van der Waals surface area contributed by atoms with E-state index in [1.165, 1.54) is 6.08 Å². The van der Waals surface area contributed by atoms with Gasteiger partial charge in [0.1, 0.15) is 0 Å². The predicted molar refractivity (Wildman–Crippen MR) is 56.7 cm³/mol. The van der Waals surface area contributed by atoms with E-state index in [0.717, 1.165) is 15.6 Å². The Hall–Kier alpha value is -1.27. The predicted octanol–water partition coefficient (Wildman–Crippen LogP) is 2.58. The molecule has 1 rings (SSSR count). The summed E-state index contributed by atoms with van der Waals surface area (Å²) in [5, 5.41) is 8.44. The topological polar surface area (TPSA) is 49.8 Å². The van der Waals surface area contributed by atoms with Crippen molar-refractivity contribution in [2.75, 3.05) is 0 Å². The van der Waals surface area contributed by atoms with Crippen LogP contribution in [0.5, 0.6) is 0 Å². The number of aryl methyl sites for hydroxylation is 1. The summed E-state index contributed by atoms with van der Waals surface area (Å²) in [7, 11) is 0. The number of nitrogens with zero attached hydrogens (tertiary/aromatic N) is 1. The number of nitriles is 1. The Morgan fingerprint density at radius 1 is 1.62 bits per heavy atom. The SMILES string of the molecule is Cc1ccc(Br)c(/C(N)=C/C#N)c1. The zero-order valence-electron chi connectivity index (χ0n) is 7.21. The van der Waals surface area contributed by atoms with Crippen LogP contribution in [0.2, 0.25) is 0 Å². The molecule has 2 nitrogen and oxygen atoms in total. The summed E-state index contributed by atoms with van der Waals surface area (Å²) in [6.45, 7) is 1.98. The summed E-state index contributed by atoms with van der Waals surface area (Å²) >= 11 is 3.37. The highest BCUT2D eigenvalue weighted by Crippen LogP contribution is 2.22. The molecule has 0 spiro atoms. The molecule has 1 aromatic rings. The number of nitrogens with two attached hydrogens (primary N) is 1. The molecule has 3 heteroatoms. The lowest BCUT2D eigenvalue weighted by Crippen LogP contribution is -1.97. The Kier molecular flexibility index (Phi) is 3.10. The summed E-state index contributed by atoms with van der Waals surface area (Å²) in [5.41, 5.74) is 8.15. The van der Waals surface area contributed by atoms with E-state index in [9.17, 15) is 0 Å². The van der Waals surface area contributed by atoms with Crippen molar-refractivity contribution in [3.8, 4) is 6.07 Å². The fourth-order valence-corrected chi connectivity index (χ4v) is 1.48. The first-order valence-electron chi connectivity index (χ1n) is 3.77. The molecular formula is C10H9BrN2.